The molecular weight excluding hydrogens is 374 g/mol. The minimum absolute atomic E-state index is 0.0746. The first-order chi connectivity index (χ1) is 14.7. The molecule has 0 saturated carbocycles. The van der Waals surface area contributed by atoms with Crippen LogP contribution in [0.5, 0.6) is 5.75 Å². The van der Waals surface area contributed by atoms with Gasteiger partial charge in [-0.25, -0.2) is 0 Å². The summed E-state index contributed by atoms with van der Waals surface area (Å²) in [4.78, 5) is 17.6. The normalized spacial score (nSPS) is 14.2. The van der Waals surface area contributed by atoms with Crippen molar-refractivity contribution in [1.29, 1.82) is 0 Å². The Morgan fingerprint density at radius 2 is 1.57 bits per heavy atom. The number of nitrogens with zero attached hydrogens (tertiary/aromatic N) is 2. The predicted octanol–water partition coefficient (Wildman–Crippen LogP) is 4.79. The molecule has 3 aromatic rings. The number of hydrogen-bond donors (Lipinski definition) is 1. The van der Waals surface area contributed by atoms with E-state index in [2.05, 4.69) is 22.3 Å². The van der Waals surface area contributed by atoms with Crippen LogP contribution in [0.2, 0.25) is 0 Å². The van der Waals surface area contributed by atoms with E-state index >= 15 is 0 Å². The lowest BCUT2D eigenvalue weighted by molar-refractivity contribution is 0.0768. The molecule has 1 fully saturated rings. The molecule has 0 bridgehead atoms. The molecule has 0 aliphatic carbocycles. The van der Waals surface area contributed by atoms with E-state index in [1.54, 1.807) is 7.11 Å². The number of amides is 1. The quantitative estimate of drug-likeness (QED) is 0.668. The Morgan fingerprint density at radius 3 is 2.33 bits per heavy atom. The fraction of sp³-hybridized carbons (Fsp3) is 0.240. The molecule has 0 radical (unpaired) electrons. The van der Waals surface area contributed by atoms with Gasteiger partial charge in [0, 0.05) is 37.6 Å². The monoisotopic (exact) mass is 401 g/mol. The van der Waals surface area contributed by atoms with Gasteiger partial charge in [0.15, 0.2) is 0 Å². The molecule has 1 amide bonds. The lowest BCUT2D eigenvalue weighted by atomic mass is 10.1. The SMILES string of the molecule is COc1ccc(N2CCCN(C(=O)c3ccccc3Nc3ccccc3)CC2)cc1. The second-order valence-corrected chi connectivity index (χ2v) is 7.37. The smallest absolute Gasteiger partial charge is 0.256 e. The van der Waals surface area contributed by atoms with Gasteiger partial charge in [-0.1, -0.05) is 30.3 Å². The molecule has 3 aromatic carbocycles. The van der Waals surface area contributed by atoms with Crippen molar-refractivity contribution in [2.75, 3.05) is 43.5 Å². The van der Waals surface area contributed by atoms with E-state index in [-0.39, 0.29) is 5.91 Å². The van der Waals surface area contributed by atoms with Crippen LogP contribution in [0.3, 0.4) is 0 Å². The third-order valence-corrected chi connectivity index (χ3v) is 5.43. The number of carbonyl (C=O) groups is 1. The molecule has 0 unspecified atom stereocenters. The lowest BCUT2D eigenvalue weighted by Crippen LogP contribution is -2.35. The van der Waals surface area contributed by atoms with Crippen molar-refractivity contribution < 1.29 is 9.53 Å². The summed E-state index contributed by atoms with van der Waals surface area (Å²) in [6.07, 6.45) is 0.937. The minimum atomic E-state index is 0.0746. The van der Waals surface area contributed by atoms with Crippen LogP contribution >= 0.6 is 0 Å². The number of methoxy groups -OCH3 is 1. The Hall–Kier alpha value is -3.47. The first-order valence-corrected chi connectivity index (χ1v) is 10.3. The highest BCUT2D eigenvalue weighted by atomic mass is 16.5. The Labute approximate surface area is 177 Å². The number of carbonyl (C=O) groups excluding carboxylic acids is 1. The van der Waals surface area contributed by atoms with E-state index < -0.39 is 0 Å². The molecule has 1 aliphatic rings. The zero-order valence-electron chi connectivity index (χ0n) is 17.3. The van der Waals surface area contributed by atoms with Crippen molar-refractivity contribution in [3.8, 4) is 5.75 Å². The Balaban J connectivity index is 1.46. The highest BCUT2D eigenvalue weighted by Crippen LogP contribution is 2.24. The van der Waals surface area contributed by atoms with Crippen molar-refractivity contribution in [2.45, 2.75) is 6.42 Å². The number of nitrogens with one attached hydrogen (secondary N) is 1. The first-order valence-electron chi connectivity index (χ1n) is 10.3. The van der Waals surface area contributed by atoms with E-state index in [9.17, 15) is 4.79 Å². The molecule has 5 nitrogen and oxygen atoms in total. The standard InChI is InChI=1S/C25H27N3O2/c1-30-22-14-12-21(13-15-22)27-16-7-17-28(19-18-27)25(29)23-10-5-6-11-24(23)26-20-8-3-2-4-9-20/h2-6,8-15,26H,7,16-19H2,1H3. The largest absolute Gasteiger partial charge is 0.497 e. The van der Waals surface area contributed by atoms with Gasteiger partial charge in [0.1, 0.15) is 5.75 Å². The molecule has 1 aliphatic heterocycles. The maximum atomic E-state index is 13.3. The summed E-state index contributed by atoms with van der Waals surface area (Å²) in [6, 6.07) is 25.8. The highest BCUT2D eigenvalue weighted by Gasteiger charge is 2.22. The van der Waals surface area contributed by atoms with E-state index in [0.29, 0.717) is 12.1 Å². The molecular formula is C25H27N3O2. The van der Waals surface area contributed by atoms with Gasteiger partial charge >= 0.3 is 0 Å². The fourth-order valence-electron chi connectivity index (χ4n) is 3.80. The summed E-state index contributed by atoms with van der Waals surface area (Å²) < 4.78 is 5.26. The summed E-state index contributed by atoms with van der Waals surface area (Å²) in [7, 11) is 1.68. The second kappa shape index (κ2) is 9.35. The molecule has 0 atom stereocenters. The van der Waals surface area contributed by atoms with Gasteiger partial charge in [0.05, 0.1) is 18.4 Å². The Bertz CT molecular complexity index is 973. The van der Waals surface area contributed by atoms with Crippen LogP contribution in [0, 0.1) is 0 Å². The minimum Gasteiger partial charge on any atom is -0.497 e. The molecule has 4 rings (SSSR count). The summed E-state index contributed by atoms with van der Waals surface area (Å²) in [5.41, 5.74) is 3.68. The third kappa shape index (κ3) is 4.57. The first kappa shape index (κ1) is 19.8. The maximum absolute atomic E-state index is 13.3. The number of anilines is 3. The van der Waals surface area contributed by atoms with E-state index in [1.165, 1.54) is 0 Å². The fourth-order valence-corrected chi connectivity index (χ4v) is 3.80. The zero-order valence-corrected chi connectivity index (χ0v) is 17.3. The average Bonchev–Trinajstić information content (AvgIpc) is 3.06. The highest BCUT2D eigenvalue weighted by molar-refractivity contribution is 6.00. The maximum Gasteiger partial charge on any atom is 0.256 e. The predicted molar refractivity (Wildman–Crippen MR) is 122 cm³/mol. The molecule has 154 valence electrons. The summed E-state index contributed by atoms with van der Waals surface area (Å²) in [6.45, 7) is 3.20. The van der Waals surface area contributed by atoms with Crippen molar-refractivity contribution in [3.05, 3.63) is 84.4 Å². The van der Waals surface area contributed by atoms with E-state index in [4.69, 9.17) is 4.74 Å². The Kier molecular flexibility index (Phi) is 6.18. The van der Waals surface area contributed by atoms with Crippen molar-refractivity contribution in [3.63, 3.8) is 0 Å². The molecule has 1 saturated heterocycles. The topological polar surface area (TPSA) is 44.8 Å². The molecule has 1 heterocycles. The van der Waals surface area contributed by atoms with Crippen LogP contribution < -0.4 is 15.0 Å². The zero-order chi connectivity index (χ0) is 20.8. The van der Waals surface area contributed by atoms with Gasteiger partial charge in [-0.05, 0) is 55.0 Å². The van der Waals surface area contributed by atoms with Crippen LogP contribution in [0.15, 0.2) is 78.9 Å². The van der Waals surface area contributed by atoms with E-state index in [0.717, 1.165) is 48.9 Å². The van der Waals surface area contributed by atoms with Gasteiger partial charge in [0.2, 0.25) is 0 Å². The summed E-state index contributed by atoms with van der Waals surface area (Å²) >= 11 is 0. The molecule has 0 spiro atoms. The van der Waals surface area contributed by atoms with Crippen molar-refractivity contribution in [2.24, 2.45) is 0 Å². The van der Waals surface area contributed by atoms with Gasteiger partial charge in [0.25, 0.3) is 5.91 Å². The number of benzene rings is 3. The Morgan fingerprint density at radius 1 is 0.833 bits per heavy atom. The summed E-state index contributed by atoms with van der Waals surface area (Å²) in [5, 5.41) is 3.38. The molecule has 30 heavy (non-hydrogen) atoms. The third-order valence-electron chi connectivity index (χ3n) is 5.43. The van der Waals surface area contributed by atoms with Gasteiger partial charge in [-0.3, -0.25) is 4.79 Å². The number of rotatable bonds is 5. The molecule has 5 heteroatoms. The second-order valence-electron chi connectivity index (χ2n) is 7.37. The van der Waals surface area contributed by atoms with Crippen LogP contribution in [-0.2, 0) is 0 Å². The van der Waals surface area contributed by atoms with Crippen LogP contribution in [0.1, 0.15) is 16.8 Å². The summed E-state index contributed by atoms with van der Waals surface area (Å²) in [5.74, 6) is 0.929. The van der Waals surface area contributed by atoms with Crippen molar-refractivity contribution in [1.82, 2.24) is 4.90 Å². The van der Waals surface area contributed by atoms with E-state index in [1.807, 2.05) is 71.6 Å². The number of ether oxygens (including phenoxy) is 1. The molecule has 0 aromatic heterocycles. The number of hydrogen-bond acceptors (Lipinski definition) is 4. The lowest BCUT2D eigenvalue weighted by Gasteiger charge is -2.24. The van der Waals surface area contributed by atoms with Crippen LogP contribution in [0.4, 0.5) is 17.1 Å². The van der Waals surface area contributed by atoms with Gasteiger partial charge < -0.3 is 19.9 Å². The molecule has 1 N–H and O–H groups in total. The van der Waals surface area contributed by atoms with Crippen LogP contribution in [0.25, 0.3) is 0 Å². The number of para-hydroxylation sites is 2. The average molecular weight is 402 g/mol. The van der Waals surface area contributed by atoms with Gasteiger partial charge in [-0.2, -0.15) is 0 Å². The van der Waals surface area contributed by atoms with Crippen LogP contribution in [-0.4, -0.2) is 44.1 Å². The van der Waals surface area contributed by atoms with Gasteiger partial charge in [-0.15, -0.1) is 0 Å². The van der Waals surface area contributed by atoms with Crippen molar-refractivity contribution >= 4 is 23.0 Å².